The molecule has 1 heterocycles. The van der Waals surface area contributed by atoms with Gasteiger partial charge in [0.1, 0.15) is 11.4 Å². The summed E-state index contributed by atoms with van der Waals surface area (Å²) in [5.74, 6) is 0.686. The summed E-state index contributed by atoms with van der Waals surface area (Å²) in [5, 5.41) is 11.7. The molecule has 0 saturated heterocycles. The number of rotatable bonds is 3. The van der Waals surface area contributed by atoms with Crippen LogP contribution in [0.4, 0.5) is 5.69 Å². The highest BCUT2D eigenvalue weighted by Crippen LogP contribution is 2.34. The van der Waals surface area contributed by atoms with Gasteiger partial charge in [-0.25, -0.2) is 0 Å². The first kappa shape index (κ1) is 15.4. The molecule has 2 N–H and O–H groups in total. The first-order chi connectivity index (χ1) is 11.0. The standard InChI is InChI=1S/C18H17ClN2O2/c1-10-4-5-12-13(18(22)21-15(12)6-10)9-20-16-7-11(2)14(19)8-17(16)23-3/h4-9,21-22H,1-3H3. The molecule has 2 aromatic carbocycles. The third kappa shape index (κ3) is 2.90. The van der Waals surface area contributed by atoms with Crippen LogP contribution in [0.15, 0.2) is 35.3 Å². The van der Waals surface area contributed by atoms with Crippen molar-refractivity contribution >= 4 is 34.4 Å². The lowest BCUT2D eigenvalue weighted by molar-refractivity contribution is 0.416. The maximum Gasteiger partial charge on any atom is 0.198 e. The molecule has 0 spiro atoms. The number of aromatic hydroxyl groups is 1. The summed E-state index contributed by atoms with van der Waals surface area (Å²) in [6.45, 7) is 3.92. The summed E-state index contributed by atoms with van der Waals surface area (Å²) in [6.07, 6.45) is 1.63. The van der Waals surface area contributed by atoms with Gasteiger partial charge in [-0.2, -0.15) is 0 Å². The topological polar surface area (TPSA) is 57.6 Å². The molecule has 118 valence electrons. The first-order valence-electron chi connectivity index (χ1n) is 7.19. The minimum absolute atomic E-state index is 0.0963. The van der Waals surface area contributed by atoms with Crippen LogP contribution >= 0.6 is 11.6 Å². The van der Waals surface area contributed by atoms with Gasteiger partial charge in [-0.05, 0) is 37.1 Å². The average molecular weight is 329 g/mol. The van der Waals surface area contributed by atoms with Crippen molar-refractivity contribution in [2.45, 2.75) is 13.8 Å². The minimum atomic E-state index is 0.0963. The fourth-order valence-electron chi connectivity index (χ4n) is 2.50. The van der Waals surface area contributed by atoms with Gasteiger partial charge in [0.2, 0.25) is 0 Å². The smallest absolute Gasteiger partial charge is 0.198 e. The predicted octanol–water partition coefficient (Wildman–Crippen LogP) is 4.90. The molecule has 3 rings (SSSR count). The van der Waals surface area contributed by atoms with E-state index in [-0.39, 0.29) is 5.88 Å². The Morgan fingerprint density at radius 1 is 1.22 bits per heavy atom. The van der Waals surface area contributed by atoms with Crippen LogP contribution < -0.4 is 4.74 Å². The van der Waals surface area contributed by atoms with Gasteiger partial charge in [0.25, 0.3) is 0 Å². The van der Waals surface area contributed by atoms with Gasteiger partial charge in [0.15, 0.2) is 5.88 Å². The summed E-state index contributed by atoms with van der Waals surface area (Å²) in [7, 11) is 1.58. The molecule has 5 heteroatoms. The molecule has 4 nitrogen and oxygen atoms in total. The zero-order valence-corrected chi connectivity index (χ0v) is 13.9. The van der Waals surface area contributed by atoms with E-state index in [4.69, 9.17) is 16.3 Å². The van der Waals surface area contributed by atoms with Gasteiger partial charge in [-0.15, -0.1) is 0 Å². The second-order valence-electron chi connectivity index (χ2n) is 5.47. The van der Waals surface area contributed by atoms with Crippen molar-refractivity contribution in [3.8, 4) is 11.6 Å². The van der Waals surface area contributed by atoms with E-state index in [0.29, 0.717) is 22.0 Å². The Bertz CT molecular complexity index is 913. The Labute approximate surface area is 139 Å². The van der Waals surface area contributed by atoms with Gasteiger partial charge >= 0.3 is 0 Å². The van der Waals surface area contributed by atoms with Gasteiger partial charge in [-0.1, -0.05) is 23.7 Å². The summed E-state index contributed by atoms with van der Waals surface area (Å²) in [5.41, 5.74) is 4.23. The first-order valence-corrected chi connectivity index (χ1v) is 7.57. The molecule has 0 bridgehead atoms. The Kier molecular flexibility index (Phi) is 4.01. The van der Waals surface area contributed by atoms with Crippen LogP contribution in [0.3, 0.4) is 0 Å². The van der Waals surface area contributed by atoms with Gasteiger partial charge in [-0.3, -0.25) is 4.99 Å². The van der Waals surface area contributed by atoms with Crippen molar-refractivity contribution in [1.29, 1.82) is 0 Å². The average Bonchev–Trinajstić information content (AvgIpc) is 2.82. The molecule has 0 atom stereocenters. The number of aromatic nitrogens is 1. The fourth-order valence-corrected chi connectivity index (χ4v) is 2.65. The van der Waals surface area contributed by atoms with Crippen molar-refractivity contribution < 1.29 is 9.84 Å². The lowest BCUT2D eigenvalue weighted by Gasteiger charge is -2.07. The van der Waals surface area contributed by atoms with Gasteiger partial charge in [0, 0.05) is 28.2 Å². The Morgan fingerprint density at radius 3 is 2.74 bits per heavy atom. The number of aryl methyl sites for hydroxylation is 2. The molecule has 23 heavy (non-hydrogen) atoms. The van der Waals surface area contributed by atoms with Crippen molar-refractivity contribution in [2.75, 3.05) is 7.11 Å². The molecule has 0 unspecified atom stereocenters. The molecular formula is C18H17ClN2O2. The number of H-pyrrole nitrogens is 1. The van der Waals surface area contributed by atoms with Gasteiger partial charge in [0.05, 0.1) is 12.7 Å². The molecule has 0 saturated carbocycles. The van der Waals surface area contributed by atoms with Crippen molar-refractivity contribution in [3.63, 3.8) is 0 Å². The van der Waals surface area contributed by atoms with E-state index in [1.807, 2.05) is 38.1 Å². The number of hydrogen-bond donors (Lipinski definition) is 2. The number of methoxy groups -OCH3 is 1. The number of aromatic amines is 1. The van der Waals surface area contributed by atoms with E-state index in [9.17, 15) is 5.11 Å². The van der Waals surface area contributed by atoms with Gasteiger partial charge < -0.3 is 14.8 Å². The molecule has 0 radical (unpaired) electrons. The van der Waals surface area contributed by atoms with Crippen LogP contribution in [0.2, 0.25) is 5.02 Å². The highest BCUT2D eigenvalue weighted by Gasteiger charge is 2.10. The zero-order chi connectivity index (χ0) is 16.6. The van der Waals surface area contributed by atoms with E-state index in [0.717, 1.165) is 22.0 Å². The van der Waals surface area contributed by atoms with E-state index in [2.05, 4.69) is 9.98 Å². The van der Waals surface area contributed by atoms with Crippen molar-refractivity contribution in [2.24, 2.45) is 4.99 Å². The van der Waals surface area contributed by atoms with Crippen molar-refractivity contribution in [3.05, 3.63) is 52.0 Å². The third-order valence-corrected chi connectivity index (χ3v) is 4.17. The maximum atomic E-state index is 10.1. The minimum Gasteiger partial charge on any atom is -0.494 e. The third-order valence-electron chi connectivity index (χ3n) is 3.77. The normalized spacial score (nSPS) is 11.5. The zero-order valence-electron chi connectivity index (χ0n) is 13.1. The number of benzene rings is 2. The number of halogens is 1. The van der Waals surface area contributed by atoms with Crippen LogP contribution in [0.25, 0.3) is 10.9 Å². The Hall–Kier alpha value is -2.46. The van der Waals surface area contributed by atoms with E-state index in [1.54, 1.807) is 19.4 Å². The molecule has 0 aliphatic heterocycles. The Balaban J connectivity index is 2.07. The van der Waals surface area contributed by atoms with Crippen LogP contribution in [0.1, 0.15) is 16.7 Å². The number of fused-ring (bicyclic) bond motifs is 1. The fraction of sp³-hybridized carbons (Fsp3) is 0.167. The number of aliphatic imine (C=N–C) groups is 1. The lowest BCUT2D eigenvalue weighted by Crippen LogP contribution is -1.87. The van der Waals surface area contributed by atoms with Crippen LogP contribution in [-0.4, -0.2) is 23.4 Å². The predicted molar refractivity (Wildman–Crippen MR) is 94.7 cm³/mol. The number of nitrogens with one attached hydrogen (secondary N) is 1. The second-order valence-corrected chi connectivity index (χ2v) is 5.87. The quantitative estimate of drug-likeness (QED) is 0.672. The SMILES string of the molecule is COc1cc(Cl)c(C)cc1N=Cc1c(O)[nH]c2cc(C)ccc12. The molecule has 0 aliphatic carbocycles. The summed E-state index contributed by atoms with van der Waals surface area (Å²) < 4.78 is 5.32. The molecule has 0 fully saturated rings. The van der Waals surface area contributed by atoms with E-state index in [1.165, 1.54) is 0 Å². The molecule has 1 aromatic heterocycles. The van der Waals surface area contributed by atoms with Crippen LogP contribution in [-0.2, 0) is 0 Å². The summed E-state index contributed by atoms with van der Waals surface area (Å²) >= 11 is 6.11. The number of ether oxygens (including phenoxy) is 1. The van der Waals surface area contributed by atoms with E-state index < -0.39 is 0 Å². The lowest BCUT2D eigenvalue weighted by atomic mass is 10.1. The summed E-state index contributed by atoms with van der Waals surface area (Å²) in [6, 6.07) is 9.54. The highest BCUT2D eigenvalue weighted by molar-refractivity contribution is 6.31. The number of nitrogens with zero attached hydrogens (tertiary/aromatic N) is 1. The largest absolute Gasteiger partial charge is 0.494 e. The van der Waals surface area contributed by atoms with Crippen LogP contribution in [0, 0.1) is 13.8 Å². The monoisotopic (exact) mass is 328 g/mol. The highest BCUT2D eigenvalue weighted by atomic mass is 35.5. The number of hydrogen-bond acceptors (Lipinski definition) is 3. The Morgan fingerprint density at radius 2 is 2.00 bits per heavy atom. The molecule has 0 aliphatic rings. The van der Waals surface area contributed by atoms with Crippen LogP contribution in [0.5, 0.6) is 11.6 Å². The second kappa shape index (κ2) is 5.97. The summed E-state index contributed by atoms with van der Waals surface area (Å²) in [4.78, 5) is 7.43. The molecule has 0 amide bonds. The molecule has 3 aromatic rings. The maximum absolute atomic E-state index is 10.1. The van der Waals surface area contributed by atoms with Crippen molar-refractivity contribution in [1.82, 2.24) is 4.98 Å². The molecular weight excluding hydrogens is 312 g/mol. The van der Waals surface area contributed by atoms with E-state index >= 15 is 0 Å².